The molecule has 0 aromatic heterocycles. The summed E-state index contributed by atoms with van der Waals surface area (Å²) in [5.74, 6) is -0.185. The van der Waals surface area contributed by atoms with E-state index in [4.69, 9.17) is 0 Å². The number of carbonyl (C=O) groups is 1. The van der Waals surface area contributed by atoms with Gasteiger partial charge in [0.2, 0.25) is 0 Å². The Morgan fingerprint density at radius 2 is 2.00 bits per heavy atom. The van der Waals surface area contributed by atoms with Crippen LogP contribution in [0.3, 0.4) is 0 Å². The van der Waals surface area contributed by atoms with Crippen LogP contribution in [0.25, 0.3) is 0 Å². The Kier molecular flexibility index (Phi) is 6.36. The molecule has 1 aromatic carbocycles. The molecule has 0 bridgehead atoms. The van der Waals surface area contributed by atoms with E-state index in [2.05, 4.69) is 31.1 Å². The maximum atomic E-state index is 11.8. The van der Waals surface area contributed by atoms with Gasteiger partial charge in [0.1, 0.15) is 5.75 Å². The zero-order valence-electron chi connectivity index (χ0n) is 12.0. The first-order chi connectivity index (χ1) is 9.02. The summed E-state index contributed by atoms with van der Waals surface area (Å²) in [7, 11) is 2.10. The van der Waals surface area contributed by atoms with Crippen molar-refractivity contribution in [1.29, 1.82) is 0 Å². The van der Waals surface area contributed by atoms with Crippen LogP contribution in [0.15, 0.2) is 24.3 Å². The first kappa shape index (κ1) is 15.5. The lowest BCUT2D eigenvalue weighted by Gasteiger charge is -2.20. The molecular weight excluding hydrogens is 240 g/mol. The van der Waals surface area contributed by atoms with Gasteiger partial charge in [-0.2, -0.15) is 0 Å². The number of phenols is 1. The van der Waals surface area contributed by atoms with Crippen LogP contribution in [0.1, 0.15) is 37.0 Å². The second-order valence-corrected chi connectivity index (χ2v) is 5.05. The Morgan fingerprint density at radius 1 is 1.32 bits per heavy atom. The number of nitrogens with zero attached hydrogens (tertiary/aromatic N) is 1. The van der Waals surface area contributed by atoms with E-state index in [0.717, 1.165) is 19.4 Å². The molecule has 0 radical (unpaired) electrons. The molecule has 4 heteroatoms. The summed E-state index contributed by atoms with van der Waals surface area (Å²) in [4.78, 5) is 14.1. The first-order valence-corrected chi connectivity index (χ1v) is 6.78. The van der Waals surface area contributed by atoms with Gasteiger partial charge in [-0.3, -0.25) is 4.79 Å². The largest absolute Gasteiger partial charge is 0.507 e. The van der Waals surface area contributed by atoms with Crippen LogP contribution < -0.4 is 5.32 Å². The van der Waals surface area contributed by atoms with Crippen LogP contribution in [0.4, 0.5) is 0 Å². The fraction of sp³-hybridized carbons (Fsp3) is 0.533. The Bertz CT molecular complexity index is 405. The van der Waals surface area contributed by atoms with Gasteiger partial charge in [-0.05, 0) is 52.4 Å². The maximum Gasteiger partial charge on any atom is 0.255 e. The lowest BCUT2D eigenvalue weighted by Crippen LogP contribution is -2.29. The average molecular weight is 264 g/mol. The third-order valence-electron chi connectivity index (χ3n) is 3.25. The number of amides is 1. The molecule has 19 heavy (non-hydrogen) atoms. The molecule has 1 amide bonds. The number of nitrogens with one attached hydrogen (secondary N) is 1. The number of hydrogen-bond acceptors (Lipinski definition) is 3. The summed E-state index contributed by atoms with van der Waals surface area (Å²) < 4.78 is 0. The minimum Gasteiger partial charge on any atom is -0.507 e. The smallest absolute Gasteiger partial charge is 0.255 e. The van der Waals surface area contributed by atoms with Crippen LogP contribution in [-0.4, -0.2) is 42.1 Å². The monoisotopic (exact) mass is 264 g/mol. The van der Waals surface area contributed by atoms with Crippen molar-refractivity contribution in [2.45, 2.75) is 32.7 Å². The number of unbranched alkanes of at least 4 members (excludes halogenated alkanes) is 1. The molecule has 0 atom stereocenters. The Balaban J connectivity index is 2.23. The number of rotatable bonds is 7. The van der Waals surface area contributed by atoms with E-state index >= 15 is 0 Å². The quantitative estimate of drug-likeness (QED) is 0.743. The van der Waals surface area contributed by atoms with Crippen LogP contribution in [0.5, 0.6) is 5.75 Å². The third kappa shape index (κ3) is 5.30. The van der Waals surface area contributed by atoms with Gasteiger partial charge in [-0.1, -0.05) is 12.1 Å². The highest BCUT2D eigenvalue weighted by molar-refractivity contribution is 5.96. The molecule has 0 spiro atoms. The van der Waals surface area contributed by atoms with Crippen molar-refractivity contribution < 1.29 is 9.90 Å². The van der Waals surface area contributed by atoms with E-state index in [-0.39, 0.29) is 11.7 Å². The van der Waals surface area contributed by atoms with Crippen molar-refractivity contribution in [2.75, 3.05) is 20.1 Å². The molecular formula is C15H24N2O2. The normalized spacial score (nSPS) is 11.0. The summed E-state index contributed by atoms with van der Waals surface area (Å²) in [5.41, 5.74) is 0.335. The molecule has 0 saturated carbocycles. The molecule has 0 heterocycles. The summed E-state index contributed by atoms with van der Waals surface area (Å²) in [5, 5.41) is 12.4. The number of aromatic hydroxyl groups is 1. The number of benzene rings is 1. The summed E-state index contributed by atoms with van der Waals surface area (Å²) in [6.07, 6.45) is 1.99. The third-order valence-corrected chi connectivity index (χ3v) is 3.25. The molecule has 0 unspecified atom stereocenters. The Labute approximate surface area is 115 Å². The number of carbonyl (C=O) groups excluding carboxylic acids is 1. The highest BCUT2D eigenvalue weighted by Gasteiger charge is 2.09. The fourth-order valence-electron chi connectivity index (χ4n) is 1.71. The van der Waals surface area contributed by atoms with Gasteiger partial charge in [-0.15, -0.1) is 0 Å². The van der Waals surface area contributed by atoms with E-state index in [1.807, 2.05) is 0 Å². The Morgan fingerprint density at radius 3 is 2.63 bits per heavy atom. The molecule has 1 aromatic rings. The fourth-order valence-corrected chi connectivity index (χ4v) is 1.71. The zero-order valence-corrected chi connectivity index (χ0v) is 12.0. The van der Waals surface area contributed by atoms with Gasteiger partial charge in [0.15, 0.2) is 0 Å². The average Bonchev–Trinajstić information content (AvgIpc) is 2.38. The highest BCUT2D eigenvalue weighted by Crippen LogP contribution is 2.14. The zero-order chi connectivity index (χ0) is 14.3. The van der Waals surface area contributed by atoms with Crippen molar-refractivity contribution in [2.24, 2.45) is 0 Å². The standard InChI is InChI=1S/C15H24N2O2/c1-12(2)17(3)11-7-6-10-16-15(19)13-8-4-5-9-14(13)18/h4-5,8-9,12,18H,6-7,10-11H2,1-3H3,(H,16,19). The Hall–Kier alpha value is -1.55. The summed E-state index contributed by atoms with van der Waals surface area (Å²) in [6, 6.07) is 7.14. The topological polar surface area (TPSA) is 52.6 Å². The van der Waals surface area contributed by atoms with Crippen molar-refractivity contribution in [3.63, 3.8) is 0 Å². The first-order valence-electron chi connectivity index (χ1n) is 6.78. The van der Waals surface area contributed by atoms with Crippen LogP contribution in [0.2, 0.25) is 0 Å². The van der Waals surface area contributed by atoms with E-state index in [0.29, 0.717) is 18.2 Å². The van der Waals surface area contributed by atoms with Crippen LogP contribution in [0, 0.1) is 0 Å². The highest BCUT2D eigenvalue weighted by atomic mass is 16.3. The van der Waals surface area contributed by atoms with Gasteiger partial charge in [-0.25, -0.2) is 0 Å². The molecule has 106 valence electrons. The van der Waals surface area contributed by atoms with Crippen molar-refractivity contribution in [3.05, 3.63) is 29.8 Å². The predicted molar refractivity (Wildman–Crippen MR) is 77.4 cm³/mol. The molecule has 0 saturated heterocycles. The van der Waals surface area contributed by atoms with Crippen molar-refractivity contribution in [3.8, 4) is 5.75 Å². The molecule has 0 aliphatic carbocycles. The molecule has 2 N–H and O–H groups in total. The molecule has 4 nitrogen and oxygen atoms in total. The lowest BCUT2D eigenvalue weighted by molar-refractivity contribution is 0.0950. The van der Waals surface area contributed by atoms with Gasteiger partial charge >= 0.3 is 0 Å². The predicted octanol–water partition coefficient (Wildman–Crippen LogP) is 2.24. The van der Waals surface area contributed by atoms with E-state index in [9.17, 15) is 9.90 Å². The summed E-state index contributed by atoms with van der Waals surface area (Å²) in [6.45, 7) is 6.00. The van der Waals surface area contributed by atoms with Gasteiger partial charge in [0.05, 0.1) is 5.56 Å². The lowest BCUT2D eigenvalue weighted by atomic mass is 10.2. The second-order valence-electron chi connectivity index (χ2n) is 5.05. The van der Waals surface area contributed by atoms with E-state index in [1.165, 1.54) is 6.07 Å². The van der Waals surface area contributed by atoms with Crippen molar-refractivity contribution >= 4 is 5.91 Å². The minimum atomic E-state index is -0.213. The van der Waals surface area contributed by atoms with Gasteiger partial charge in [0, 0.05) is 12.6 Å². The van der Waals surface area contributed by atoms with Crippen LogP contribution >= 0.6 is 0 Å². The van der Waals surface area contributed by atoms with Crippen molar-refractivity contribution in [1.82, 2.24) is 10.2 Å². The van der Waals surface area contributed by atoms with Gasteiger partial charge in [0.25, 0.3) is 5.91 Å². The minimum absolute atomic E-state index is 0.0274. The van der Waals surface area contributed by atoms with Crippen LogP contribution in [-0.2, 0) is 0 Å². The molecule has 1 rings (SSSR count). The SMILES string of the molecule is CC(C)N(C)CCCCNC(=O)c1ccccc1O. The molecule has 0 aliphatic heterocycles. The maximum absolute atomic E-state index is 11.8. The van der Waals surface area contributed by atoms with E-state index in [1.54, 1.807) is 18.2 Å². The second kappa shape index (κ2) is 7.79. The van der Waals surface area contributed by atoms with E-state index < -0.39 is 0 Å². The number of phenolic OH excluding ortho intramolecular Hbond substituents is 1. The summed E-state index contributed by atoms with van der Waals surface area (Å²) >= 11 is 0. The van der Waals surface area contributed by atoms with Gasteiger partial charge < -0.3 is 15.3 Å². The number of para-hydroxylation sites is 1. The molecule has 0 fully saturated rings. The number of hydrogen-bond donors (Lipinski definition) is 2. The molecule has 0 aliphatic rings.